The van der Waals surface area contributed by atoms with E-state index in [2.05, 4.69) is 16.9 Å². The topological polar surface area (TPSA) is 68.0 Å². The van der Waals surface area contributed by atoms with Crippen LogP contribution in [0.25, 0.3) is 10.2 Å². The average Bonchev–Trinajstić information content (AvgIpc) is 2.64. The molecule has 1 aromatic carbocycles. The summed E-state index contributed by atoms with van der Waals surface area (Å²) in [5.41, 5.74) is 6.94. The van der Waals surface area contributed by atoms with Gasteiger partial charge in [0.2, 0.25) is 0 Å². The minimum atomic E-state index is -0.194. The van der Waals surface area contributed by atoms with Gasteiger partial charge in [-0.3, -0.25) is 4.79 Å². The highest BCUT2D eigenvalue weighted by molar-refractivity contribution is 7.22. The number of aromatic nitrogens is 1. The first kappa shape index (κ1) is 11.9. The second-order valence-electron chi connectivity index (χ2n) is 3.43. The van der Waals surface area contributed by atoms with E-state index in [0.717, 1.165) is 10.2 Å². The molecule has 88 valence electrons. The van der Waals surface area contributed by atoms with Crippen LogP contribution in [0.1, 0.15) is 10.4 Å². The van der Waals surface area contributed by atoms with E-state index in [1.807, 2.05) is 0 Å². The van der Waals surface area contributed by atoms with E-state index < -0.39 is 0 Å². The van der Waals surface area contributed by atoms with Crippen LogP contribution in [0.15, 0.2) is 29.8 Å². The Bertz CT molecular complexity index is 593. The van der Waals surface area contributed by atoms with E-state index in [0.29, 0.717) is 15.7 Å². The summed E-state index contributed by atoms with van der Waals surface area (Å²) < 4.78 is 0.889. The number of benzene rings is 1. The van der Waals surface area contributed by atoms with Crippen LogP contribution in [-0.4, -0.2) is 17.4 Å². The number of rotatable bonds is 3. The molecule has 0 radical (unpaired) electrons. The summed E-state index contributed by atoms with van der Waals surface area (Å²) in [4.78, 5) is 15.9. The lowest BCUT2D eigenvalue weighted by Gasteiger charge is -2.03. The molecule has 0 saturated heterocycles. The zero-order valence-corrected chi connectivity index (χ0v) is 10.4. The maximum atomic E-state index is 11.7. The van der Waals surface area contributed by atoms with Gasteiger partial charge in [-0.25, -0.2) is 4.98 Å². The van der Waals surface area contributed by atoms with E-state index in [4.69, 9.17) is 17.3 Å². The number of fused-ring (bicyclic) bond motifs is 1. The van der Waals surface area contributed by atoms with Gasteiger partial charge in [-0.05, 0) is 18.2 Å². The number of thiazole rings is 1. The number of nitrogen functional groups attached to an aromatic ring is 1. The molecule has 3 N–H and O–H groups in total. The Morgan fingerprint density at radius 2 is 2.35 bits per heavy atom. The lowest BCUT2D eigenvalue weighted by molar-refractivity contribution is 0.0958. The molecule has 0 aliphatic rings. The zero-order chi connectivity index (χ0) is 12.4. The van der Waals surface area contributed by atoms with Gasteiger partial charge in [-0.15, -0.1) is 0 Å². The van der Waals surface area contributed by atoms with Gasteiger partial charge in [-0.1, -0.05) is 29.5 Å². The highest BCUT2D eigenvalue weighted by atomic mass is 35.5. The van der Waals surface area contributed by atoms with E-state index >= 15 is 0 Å². The van der Waals surface area contributed by atoms with Crippen molar-refractivity contribution in [3.8, 4) is 0 Å². The Morgan fingerprint density at radius 3 is 3.06 bits per heavy atom. The van der Waals surface area contributed by atoms with Gasteiger partial charge in [0, 0.05) is 10.6 Å². The van der Waals surface area contributed by atoms with Gasteiger partial charge in [0.1, 0.15) is 0 Å². The molecule has 0 aliphatic carbocycles. The summed E-state index contributed by atoms with van der Waals surface area (Å²) in [5, 5.41) is 3.53. The number of anilines is 1. The van der Waals surface area contributed by atoms with Crippen LogP contribution < -0.4 is 11.1 Å². The van der Waals surface area contributed by atoms with E-state index in [1.165, 1.54) is 11.3 Å². The molecule has 1 amide bonds. The minimum Gasteiger partial charge on any atom is -0.375 e. The van der Waals surface area contributed by atoms with Gasteiger partial charge in [-0.2, -0.15) is 0 Å². The first-order valence-electron chi connectivity index (χ1n) is 4.84. The van der Waals surface area contributed by atoms with Crippen molar-refractivity contribution in [3.63, 3.8) is 0 Å². The smallest absolute Gasteiger partial charge is 0.251 e. The zero-order valence-electron chi connectivity index (χ0n) is 8.87. The van der Waals surface area contributed by atoms with Gasteiger partial charge < -0.3 is 11.1 Å². The van der Waals surface area contributed by atoms with Crippen LogP contribution in [0, 0.1) is 0 Å². The number of hydrogen-bond acceptors (Lipinski definition) is 4. The highest BCUT2D eigenvalue weighted by Gasteiger charge is 2.08. The Kier molecular flexibility index (Phi) is 3.31. The predicted octanol–water partition coefficient (Wildman–Crippen LogP) is 2.36. The van der Waals surface area contributed by atoms with Gasteiger partial charge >= 0.3 is 0 Å². The summed E-state index contributed by atoms with van der Waals surface area (Å²) in [5.74, 6) is -0.194. The van der Waals surface area contributed by atoms with Crippen molar-refractivity contribution in [2.24, 2.45) is 0 Å². The standard InChI is InChI=1S/C11H10ClN3OS/c1-6(12)5-14-10(16)7-2-3-8-9(4-7)17-11(13)15-8/h2-4H,1,5H2,(H2,13,15)(H,14,16). The molecule has 1 aromatic heterocycles. The maximum Gasteiger partial charge on any atom is 0.251 e. The number of halogens is 1. The normalized spacial score (nSPS) is 10.4. The van der Waals surface area contributed by atoms with E-state index in [9.17, 15) is 4.79 Å². The molecule has 4 nitrogen and oxygen atoms in total. The monoisotopic (exact) mass is 267 g/mol. The number of carbonyl (C=O) groups is 1. The Morgan fingerprint density at radius 1 is 1.59 bits per heavy atom. The van der Waals surface area contributed by atoms with Crippen molar-refractivity contribution in [1.82, 2.24) is 10.3 Å². The molecule has 0 saturated carbocycles. The minimum absolute atomic E-state index is 0.194. The van der Waals surface area contributed by atoms with Crippen molar-refractivity contribution in [2.45, 2.75) is 0 Å². The van der Waals surface area contributed by atoms with Crippen molar-refractivity contribution in [1.29, 1.82) is 0 Å². The first-order chi connectivity index (χ1) is 8.06. The molecule has 0 atom stereocenters. The lowest BCUT2D eigenvalue weighted by atomic mass is 10.2. The average molecular weight is 268 g/mol. The highest BCUT2D eigenvalue weighted by Crippen LogP contribution is 2.24. The quantitative estimate of drug-likeness (QED) is 0.897. The molecule has 6 heteroatoms. The lowest BCUT2D eigenvalue weighted by Crippen LogP contribution is -2.24. The van der Waals surface area contributed by atoms with Crippen molar-refractivity contribution in [3.05, 3.63) is 35.4 Å². The molecule has 0 fully saturated rings. The number of nitrogens with one attached hydrogen (secondary N) is 1. The third-order valence-electron chi connectivity index (χ3n) is 2.11. The van der Waals surface area contributed by atoms with E-state index in [-0.39, 0.29) is 12.5 Å². The summed E-state index contributed by atoms with van der Waals surface area (Å²) >= 11 is 6.93. The molecule has 0 bridgehead atoms. The molecule has 2 rings (SSSR count). The van der Waals surface area contributed by atoms with Crippen LogP contribution in [0.3, 0.4) is 0 Å². The predicted molar refractivity (Wildman–Crippen MR) is 71.4 cm³/mol. The SMILES string of the molecule is C=C(Cl)CNC(=O)c1ccc2nc(N)sc2c1. The summed E-state index contributed by atoms with van der Waals surface area (Å²) in [6.45, 7) is 3.75. The van der Waals surface area contributed by atoms with Crippen LogP contribution >= 0.6 is 22.9 Å². The van der Waals surface area contributed by atoms with Gasteiger partial charge in [0.25, 0.3) is 5.91 Å². The number of amides is 1. The Labute approximate surface area is 107 Å². The fraction of sp³-hybridized carbons (Fsp3) is 0.0909. The van der Waals surface area contributed by atoms with Crippen LogP contribution in [0.5, 0.6) is 0 Å². The fourth-order valence-electron chi connectivity index (χ4n) is 1.36. The molecular formula is C11H10ClN3OS. The molecule has 2 aromatic rings. The molecule has 1 heterocycles. The third kappa shape index (κ3) is 2.75. The molecule has 0 spiro atoms. The number of nitrogens with two attached hydrogens (primary N) is 1. The summed E-state index contributed by atoms with van der Waals surface area (Å²) in [7, 11) is 0. The molecule has 0 aliphatic heterocycles. The molecular weight excluding hydrogens is 258 g/mol. The first-order valence-corrected chi connectivity index (χ1v) is 6.03. The van der Waals surface area contributed by atoms with Crippen LogP contribution in [-0.2, 0) is 0 Å². The number of carbonyl (C=O) groups excluding carboxylic acids is 1. The van der Waals surface area contributed by atoms with Crippen molar-refractivity contribution in [2.75, 3.05) is 12.3 Å². The van der Waals surface area contributed by atoms with Crippen LogP contribution in [0.2, 0.25) is 0 Å². The second-order valence-corrected chi connectivity index (χ2v) is 5.03. The van der Waals surface area contributed by atoms with Gasteiger partial charge in [0.05, 0.1) is 16.8 Å². The molecule has 17 heavy (non-hydrogen) atoms. The molecule has 0 unspecified atom stereocenters. The Balaban J connectivity index is 2.23. The second kappa shape index (κ2) is 4.73. The van der Waals surface area contributed by atoms with Crippen LogP contribution in [0.4, 0.5) is 5.13 Å². The number of nitrogens with zero attached hydrogens (tertiary/aromatic N) is 1. The fourth-order valence-corrected chi connectivity index (χ4v) is 2.20. The van der Waals surface area contributed by atoms with Crippen molar-refractivity contribution < 1.29 is 4.79 Å². The summed E-state index contributed by atoms with van der Waals surface area (Å²) in [6.07, 6.45) is 0. The maximum absolute atomic E-state index is 11.7. The van der Waals surface area contributed by atoms with Gasteiger partial charge in [0.15, 0.2) is 5.13 Å². The summed E-state index contributed by atoms with van der Waals surface area (Å²) in [6, 6.07) is 5.23. The third-order valence-corrected chi connectivity index (χ3v) is 3.09. The van der Waals surface area contributed by atoms with E-state index in [1.54, 1.807) is 18.2 Å². The number of hydrogen-bond donors (Lipinski definition) is 2. The van der Waals surface area contributed by atoms with Crippen molar-refractivity contribution >= 4 is 44.2 Å². The Hall–Kier alpha value is -1.59. The largest absolute Gasteiger partial charge is 0.375 e.